The smallest absolute Gasteiger partial charge is 0.326 e. The van der Waals surface area contributed by atoms with Crippen molar-refractivity contribution in [1.29, 1.82) is 0 Å². The Morgan fingerprint density at radius 2 is 1.84 bits per heavy atom. The maximum atomic E-state index is 11.6. The van der Waals surface area contributed by atoms with Gasteiger partial charge in [0, 0.05) is 12.5 Å². The number of aliphatic carboxylic acids is 2. The summed E-state index contributed by atoms with van der Waals surface area (Å²) in [7, 11) is 0. The Hall–Kier alpha value is -1.44. The van der Waals surface area contributed by atoms with Crippen molar-refractivity contribution in [2.24, 2.45) is 0 Å². The second-order valence-electron chi connectivity index (χ2n) is 4.33. The molecular formula is C11H18N2O5S. The highest BCUT2D eigenvalue weighted by Gasteiger charge is 2.22. The molecule has 4 N–H and O–H groups in total. The molecule has 0 aromatic heterocycles. The van der Waals surface area contributed by atoms with Crippen LogP contribution in [0, 0.1) is 0 Å². The SMILES string of the molecule is O=C(O)CC[C@H](NC(=O)NC1CCSCC1)C(=O)O. The number of carboxylic acids is 2. The van der Waals surface area contributed by atoms with Gasteiger partial charge in [-0.05, 0) is 30.8 Å². The van der Waals surface area contributed by atoms with Crippen LogP contribution in [0.5, 0.6) is 0 Å². The quantitative estimate of drug-likeness (QED) is 0.566. The molecule has 0 spiro atoms. The predicted octanol–water partition coefficient (Wildman–Crippen LogP) is 0.499. The van der Waals surface area contributed by atoms with Crippen molar-refractivity contribution in [2.45, 2.75) is 37.8 Å². The number of thioether (sulfide) groups is 1. The fourth-order valence-corrected chi connectivity index (χ4v) is 2.86. The fraction of sp³-hybridized carbons (Fsp3) is 0.727. The molecule has 2 amide bonds. The molecule has 1 saturated heterocycles. The van der Waals surface area contributed by atoms with Crippen LogP contribution in [-0.4, -0.2) is 51.8 Å². The molecule has 0 bridgehead atoms. The monoisotopic (exact) mass is 290 g/mol. The van der Waals surface area contributed by atoms with E-state index < -0.39 is 24.0 Å². The maximum absolute atomic E-state index is 11.6. The van der Waals surface area contributed by atoms with E-state index in [1.165, 1.54) is 0 Å². The number of carbonyl (C=O) groups is 3. The minimum atomic E-state index is -1.23. The van der Waals surface area contributed by atoms with E-state index in [2.05, 4.69) is 10.6 Å². The zero-order valence-corrected chi connectivity index (χ0v) is 11.2. The van der Waals surface area contributed by atoms with Gasteiger partial charge < -0.3 is 20.8 Å². The van der Waals surface area contributed by atoms with Crippen molar-refractivity contribution < 1.29 is 24.6 Å². The van der Waals surface area contributed by atoms with Gasteiger partial charge in [-0.3, -0.25) is 4.79 Å². The molecule has 7 nitrogen and oxygen atoms in total. The molecule has 0 unspecified atom stereocenters. The largest absolute Gasteiger partial charge is 0.481 e. The van der Waals surface area contributed by atoms with Crippen molar-refractivity contribution >= 4 is 29.7 Å². The highest BCUT2D eigenvalue weighted by Crippen LogP contribution is 2.16. The number of carboxylic acid groups (broad SMARTS) is 2. The van der Waals surface area contributed by atoms with E-state index in [1.54, 1.807) is 0 Å². The first kappa shape index (κ1) is 15.6. The topological polar surface area (TPSA) is 116 Å². The van der Waals surface area contributed by atoms with E-state index in [4.69, 9.17) is 10.2 Å². The summed E-state index contributed by atoms with van der Waals surface area (Å²) >= 11 is 1.82. The molecule has 0 aromatic rings. The van der Waals surface area contributed by atoms with Gasteiger partial charge in [0.05, 0.1) is 0 Å². The summed E-state index contributed by atoms with van der Waals surface area (Å²) in [5, 5.41) is 22.4. The molecule has 0 radical (unpaired) electrons. The Morgan fingerprint density at radius 3 is 2.37 bits per heavy atom. The zero-order valence-electron chi connectivity index (χ0n) is 10.4. The van der Waals surface area contributed by atoms with E-state index in [0.29, 0.717) is 0 Å². The van der Waals surface area contributed by atoms with Crippen LogP contribution in [0.15, 0.2) is 0 Å². The van der Waals surface area contributed by atoms with Gasteiger partial charge in [0.15, 0.2) is 0 Å². The van der Waals surface area contributed by atoms with E-state index >= 15 is 0 Å². The number of urea groups is 1. The third-order valence-electron chi connectivity index (χ3n) is 2.81. The second-order valence-corrected chi connectivity index (χ2v) is 5.55. The lowest BCUT2D eigenvalue weighted by molar-refractivity contribution is -0.140. The van der Waals surface area contributed by atoms with Gasteiger partial charge in [-0.25, -0.2) is 9.59 Å². The molecule has 0 aliphatic carbocycles. The number of rotatable bonds is 6. The molecule has 1 atom stereocenters. The van der Waals surface area contributed by atoms with E-state index in [-0.39, 0.29) is 18.9 Å². The standard InChI is InChI=1S/C11H18N2O5S/c14-9(15)2-1-8(10(16)17)13-11(18)12-7-3-5-19-6-4-7/h7-8H,1-6H2,(H,14,15)(H,16,17)(H2,12,13,18)/t8-/m0/s1. The maximum Gasteiger partial charge on any atom is 0.326 e. The van der Waals surface area contributed by atoms with Crippen molar-refractivity contribution in [2.75, 3.05) is 11.5 Å². The molecule has 8 heteroatoms. The lowest BCUT2D eigenvalue weighted by atomic mass is 10.1. The van der Waals surface area contributed by atoms with Gasteiger partial charge in [-0.1, -0.05) is 0 Å². The van der Waals surface area contributed by atoms with Crippen LogP contribution >= 0.6 is 11.8 Å². The molecule has 1 fully saturated rings. The first-order valence-electron chi connectivity index (χ1n) is 6.08. The number of hydrogen-bond donors (Lipinski definition) is 4. The zero-order chi connectivity index (χ0) is 14.3. The van der Waals surface area contributed by atoms with Crippen LogP contribution < -0.4 is 10.6 Å². The number of nitrogens with one attached hydrogen (secondary N) is 2. The summed E-state index contributed by atoms with van der Waals surface area (Å²) < 4.78 is 0. The first-order valence-corrected chi connectivity index (χ1v) is 7.24. The average Bonchev–Trinajstić information content (AvgIpc) is 2.35. The lowest BCUT2D eigenvalue weighted by Crippen LogP contribution is -2.49. The van der Waals surface area contributed by atoms with E-state index in [0.717, 1.165) is 24.3 Å². The van der Waals surface area contributed by atoms with Crippen molar-refractivity contribution in [3.63, 3.8) is 0 Å². The summed E-state index contributed by atoms with van der Waals surface area (Å²) in [6.07, 6.45) is 1.31. The Kier molecular flexibility index (Phi) is 6.48. The number of amides is 2. The normalized spacial score (nSPS) is 17.5. The molecule has 1 rings (SSSR count). The minimum absolute atomic E-state index is 0.0650. The average molecular weight is 290 g/mol. The highest BCUT2D eigenvalue weighted by molar-refractivity contribution is 7.99. The number of hydrogen-bond acceptors (Lipinski definition) is 4. The Balaban J connectivity index is 2.37. The second kappa shape index (κ2) is 7.88. The van der Waals surface area contributed by atoms with Gasteiger partial charge in [0.2, 0.25) is 0 Å². The van der Waals surface area contributed by atoms with E-state index in [1.807, 2.05) is 11.8 Å². The summed E-state index contributed by atoms with van der Waals surface area (Å²) in [5.74, 6) is -0.355. The molecule has 108 valence electrons. The molecular weight excluding hydrogens is 272 g/mol. The Bertz CT molecular complexity index is 344. The Morgan fingerprint density at radius 1 is 1.21 bits per heavy atom. The lowest BCUT2D eigenvalue weighted by Gasteiger charge is -2.23. The minimum Gasteiger partial charge on any atom is -0.481 e. The van der Waals surface area contributed by atoms with Crippen LogP contribution in [0.1, 0.15) is 25.7 Å². The first-order chi connectivity index (χ1) is 8.99. The van der Waals surface area contributed by atoms with Crippen LogP contribution in [0.25, 0.3) is 0 Å². The summed E-state index contributed by atoms with van der Waals surface area (Å²) in [5.41, 5.74) is 0. The molecule has 19 heavy (non-hydrogen) atoms. The third kappa shape index (κ3) is 6.32. The van der Waals surface area contributed by atoms with Crippen LogP contribution in [0.4, 0.5) is 4.79 Å². The molecule has 1 aliphatic heterocycles. The summed E-state index contributed by atoms with van der Waals surface area (Å²) in [4.78, 5) is 32.9. The van der Waals surface area contributed by atoms with E-state index in [9.17, 15) is 14.4 Å². The van der Waals surface area contributed by atoms with Crippen LogP contribution in [0.3, 0.4) is 0 Å². The summed E-state index contributed by atoms with van der Waals surface area (Å²) in [6, 6.07) is -1.65. The van der Waals surface area contributed by atoms with Crippen molar-refractivity contribution in [3.8, 4) is 0 Å². The molecule has 1 aliphatic rings. The highest BCUT2D eigenvalue weighted by atomic mass is 32.2. The third-order valence-corrected chi connectivity index (χ3v) is 3.86. The fourth-order valence-electron chi connectivity index (χ4n) is 1.75. The van der Waals surface area contributed by atoms with Gasteiger partial charge in [0.1, 0.15) is 6.04 Å². The van der Waals surface area contributed by atoms with Gasteiger partial charge in [0.25, 0.3) is 0 Å². The molecule has 0 aromatic carbocycles. The van der Waals surface area contributed by atoms with Gasteiger partial charge >= 0.3 is 18.0 Å². The van der Waals surface area contributed by atoms with Crippen molar-refractivity contribution in [1.82, 2.24) is 10.6 Å². The van der Waals surface area contributed by atoms with Gasteiger partial charge in [-0.2, -0.15) is 11.8 Å². The molecule has 1 heterocycles. The van der Waals surface area contributed by atoms with Crippen LogP contribution in [-0.2, 0) is 9.59 Å². The van der Waals surface area contributed by atoms with Crippen LogP contribution in [0.2, 0.25) is 0 Å². The van der Waals surface area contributed by atoms with Gasteiger partial charge in [-0.15, -0.1) is 0 Å². The Labute approximate surface area is 115 Å². The molecule has 0 saturated carbocycles. The van der Waals surface area contributed by atoms with Crippen molar-refractivity contribution in [3.05, 3.63) is 0 Å². The summed E-state index contributed by atoms with van der Waals surface area (Å²) in [6.45, 7) is 0. The number of carbonyl (C=O) groups excluding carboxylic acids is 1. The predicted molar refractivity (Wildman–Crippen MR) is 70.3 cm³/mol.